The number of rotatable bonds is 10. The molecule has 0 atom stereocenters. The Morgan fingerprint density at radius 1 is 0.635 bits per heavy atom. The SMILES string of the molecule is Cc1cc(N2CCCNCC2)nc2ccc(NC(=O)COc3ccc(Br)cc3)cc12.Cc1cc(N2CCCNCC2)nc2ccc(NC(=O)COc3ccc(C(F)(F)F)cc3)cc12. The molecule has 63 heavy (non-hydrogen) atoms. The van der Waals surface area contributed by atoms with Crippen molar-refractivity contribution < 1.29 is 32.2 Å². The molecule has 0 radical (unpaired) electrons. The molecule has 4 heterocycles. The van der Waals surface area contributed by atoms with Crippen LogP contribution in [0.1, 0.15) is 29.5 Å². The van der Waals surface area contributed by atoms with Crippen molar-refractivity contribution in [3.8, 4) is 11.5 Å². The summed E-state index contributed by atoms with van der Waals surface area (Å²) >= 11 is 3.38. The fourth-order valence-corrected chi connectivity index (χ4v) is 7.61. The van der Waals surface area contributed by atoms with E-state index in [2.05, 4.69) is 66.1 Å². The molecule has 0 saturated carbocycles. The lowest BCUT2D eigenvalue weighted by Gasteiger charge is -2.22. The molecule has 4 aromatic carbocycles. The minimum atomic E-state index is -4.41. The van der Waals surface area contributed by atoms with Gasteiger partial charge in [0.1, 0.15) is 23.1 Å². The minimum Gasteiger partial charge on any atom is -0.484 e. The summed E-state index contributed by atoms with van der Waals surface area (Å²) in [5, 5.41) is 14.5. The number of carbonyl (C=O) groups is 2. The van der Waals surface area contributed by atoms with Crippen molar-refractivity contribution in [3.05, 3.63) is 118 Å². The number of alkyl halides is 3. The van der Waals surface area contributed by atoms with Crippen molar-refractivity contribution >= 4 is 72.6 Å². The fraction of sp³-hybridized carbons (Fsp3) is 0.319. The van der Waals surface area contributed by atoms with Crippen LogP contribution in [0.4, 0.5) is 36.2 Å². The van der Waals surface area contributed by atoms with Crippen molar-refractivity contribution in [2.75, 3.05) is 86.0 Å². The molecule has 0 bridgehead atoms. The molecular formula is C47H50BrF3N8O4. The molecule has 4 N–H and O–H groups in total. The van der Waals surface area contributed by atoms with Crippen LogP contribution in [0.5, 0.6) is 11.5 Å². The maximum atomic E-state index is 12.6. The highest BCUT2D eigenvalue weighted by molar-refractivity contribution is 9.10. The zero-order valence-electron chi connectivity index (χ0n) is 35.2. The van der Waals surface area contributed by atoms with E-state index in [1.807, 2.05) is 61.5 Å². The second-order valence-electron chi connectivity index (χ2n) is 15.4. The molecule has 330 valence electrons. The van der Waals surface area contributed by atoms with Gasteiger partial charge in [-0.1, -0.05) is 15.9 Å². The summed E-state index contributed by atoms with van der Waals surface area (Å²) in [4.78, 5) is 38.9. The van der Waals surface area contributed by atoms with Crippen molar-refractivity contribution in [1.82, 2.24) is 20.6 Å². The van der Waals surface area contributed by atoms with Crippen molar-refractivity contribution in [1.29, 1.82) is 0 Å². The Hall–Kier alpha value is -5.97. The highest BCUT2D eigenvalue weighted by Gasteiger charge is 2.30. The van der Waals surface area contributed by atoms with Gasteiger partial charge >= 0.3 is 6.18 Å². The second kappa shape index (κ2) is 20.9. The van der Waals surface area contributed by atoms with Crippen LogP contribution in [0.15, 0.2) is 102 Å². The maximum absolute atomic E-state index is 12.6. The lowest BCUT2D eigenvalue weighted by Crippen LogP contribution is -2.28. The molecule has 16 heteroatoms. The predicted octanol–water partition coefficient (Wildman–Crippen LogP) is 8.50. The van der Waals surface area contributed by atoms with E-state index in [4.69, 9.17) is 19.4 Å². The second-order valence-corrected chi connectivity index (χ2v) is 16.3. The molecular weight excluding hydrogens is 877 g/mol. The number of hydrogen-bond donors (Lipinski definition) is 4. The van der Waals surface area contributed by atoms with Gasteiger partial charge in [0.05, 0.1) is 16.6 Å². The lowest BCUT2D eigenvalue weighted by molar-refractivity contribution is -0.137. The number of nitrogens with zero attached hydrogens (tertiary/aromatic N) is 4. The van der Waals surface area contributed by atoms with Gasteiger partial charge in [0.15, 0.2) is 13.2 Å². The van der Waals surface area contributed by atoms with Gasteiger partial charge in [-0.05, 0) is 148 Å². The fourth-order valence-electron chi connectivity index (χ4n) is 7.34. The van der Waals surface area contributed by atoms with Gasteiger partial charge in [-0.15, -0.1) is 0 Å². The van der Waals surface area contributed by atoms with E-state index >= 15 is 0 Å². The first-order valence-electron chi connectivity index (χ1n) is 20.9. The first-order chi connectivity index (χ1) is 30.4. The van der Waals surface area contributed by atoms with E-state index < -0.39 is 17.6 Å². The number of aryl methyl sites for hydroxylation is 2. The lowest BCUT2D eigenvalue weighted by atomic mass is 10.1. The van der Waals surface area contributed by atoms with Crippen LogP contribution in [-0.2, 0) is 15.8 Å². The quantitative estimate of drug-likeness (QED) is 0.106. The van der Waals surface area contributed by atoms with E-state index in [1.54, 1.807) is 6.07 Å². The summed E-state index contributed by atoms with van der Waals surface area (Å²) in [5.41, 5.74) is 4.56. The summed E-state index contributed by atoms with van der Waals surface area (Å²) in [6, 6.07) is 27.2. The third kappa shape index (κ3) is 12.6. The van der Waals surface area contributed by atoms with E-state index in [9.17, 15) is 22.8 Å². The summed E-state index contributed by atoms with van der Waals surface area (Å²) in [7, 11) is 0. The molecule has 0 spiro atoms. The van der Waals surface area contributed by atoms with Gasteiger partial charge in [-0.2, -0.15) is 13.2 Å². The molecule has 2 fully saturated rings. The number of pyridine rings is 2. The standard InChI is InChI=1S/C24H25F3N4O2.C23H25BrN4O2/c1-16-13-22(31-11-2-9-28-10-12-31)30-21-8-5-18(14-20(16)21)29-23(32)15-33-19-6-3-17(4-7-19)24(25,26)27;1-16-13-22(28-11-2-9-25-10-12-28)27-21-8-5-18(14-20(16)21)26-23(29)15-30-19-6-3-17(24)4-7-19/h3-8,13-14,28H,2,9-12,15H2,1H3,(H,29,32);3-8,13-14,25H,2,9-12,15H2,1H3,(H,26,29). The van der Waals surface area contributed by atoms with E-state index in [1.165, 1.54) is 12.1 Å². The first kappa shape index (κ1) is 45.1. The molecule has 2 aliphatic heterocycles. The molecule has 6 aromatic rings. The van der Waals surface area contributed by atoms with Crippen molar-refractivity contribution in [2.45, 2.75) is 32.9 Å². The minimum absolute atomic E-state index is 0.0428. The predicted molar refractivity (Wildman–Crippen MR) is 246 cm³/mol. The van der Waals surface area contributed by atoms with Gasteiger partial charge in [0, 0.05) is 65.9 Å². The van der Waals surface area contributed by atoms with Crippen LogP contribution in [-0.4, -0.2) is 87.4 Å². The number of benzene rings is 4. The van der Waals surface area contributed by atoms with Gasteiger partial charge in [-0.25, -0.2) is 9.97 Å². The molecule has 8 rings (SSSR count). The number of hydrogen-bond acceptors (Lipinski definition) is 10. The van der Waals surface area contributed by atoms with E-state index in [-0.39, 0.29) is 24.9 Å². The molecule has 12 nitrogen and oxygen atoms in total. The average molecular weight is 928 g/mol. The van der Waals surface area contributed by atoms with Crippen LogP contribution in [0, 0.1) is 13.8 Å². The summed E-state index contributed by atoms with van der Waals surface area (Å²) < 4.78 is 49.7. The number of amides is 2. The van der Waals surface area contributed by atoms with Crippen molar-refractivity contribution in [3.63, 3.8) is 0 Å². The van der Waals surface area contributed by atoms with Crippen LogP contribution < -0.4 is 40.5 Å². The average Bonchev–Trinajstić information content (AvgIpc) is 3.73. The van der Waals surface area contributed by atoms with E-state index in [0.29, 0.717) is 11.4 Å². The van der Waals surface area contributed by atoms with Crippen LogP contribution in [0.3, 0.4) is 0 Å². The van der Waals surface area contributed by atoms with E-state index in [0.717, 1.165) is 132 Å². The van der Waals surface area contributed by atoms with Crippen LogP contribution in [0.2, 0.25) is 0 Å². The molecule has 2 aromatic heterocycles. The number of carbonyl (C=O) groups excluding carboxylic acids is 2. The molecule has 0 aliphatic carbocycles. The van der Waals surface area contributed by atoms with Crippen molar-refractivity contribution in [2.24, 2.45) is 0 Å². The zero-order valence-corrected chi connectivity index (χ0v) is 36.7. The third-order valence-electron chi connectivity index (χ3n) is 10.6. The largest absolute Gasteiger partial charge is 0.484 e. The number of nitrogens with one attached hydrogen (secondary N) is 4. The smallest absolute Gasteiger partial charge is 0.416 e. The maximum Gasteiger partial charge on any atom is 0.416 e. The topological polar surface area (TPSA) is 133 Å². The number of fused-ring (bicyclic) bond motifs is 2. The number of halogens is 4. The van der Waals surface area contributed by atoms with Crippen LogP contribution in [0.25, 0.3) is 21.8 Å². The summed E-state index contributed by atoms with van der Waals surface area (Å²) in [6.07, 6.45) is -2.23. The zero-order chi connectivity index (χ0) is 44.3. The number of ether oxygens (including phenoxy) is 2. The summed E-state index contributed by atoms with van der Waals surface area (Å²) in [5.74, 6) is 2.20. The highest BCUT2D eigenvalue weighted by atomic mass is 79.9. The van der Waals surface area contributed by atoms with Gasteiger partial charge in [0.25, 0.3) is 11.8 Å². The molecule has 2 amide bonds. The number of aromatic nitrogens is 2. The first-order valence-corrected chi connectivity index (χ1v) is 21.7. The Morgan fingerprint density at radius 3 is 1.52 bits per heavy atom. The third-order valence-corrected chi connectivity index (χ3v) is 11.2. The Balaban J connectivity index is 0.000000190. The molecule has 2 aliphatic rings. The Kier molecular flexibility index (Phi) is 15.0. The van der Waals surface area contributed by atoms with Gasteiger partial charge < -0.3 is 40.5 Å². The molecule has 2 saturated heterocycles. The normalized spacial score (nSPS) is 14.6. The Bertz CT molecular complexity index is 2510. The molecule has 0 unspecified atom stereocenters. The monoisotopic (exact) mass is 926 g/mol. The van der Waals surface area contributed by atoms with Gasteiger partial charge in [0.2, 0.25) is 0 Å². The summed E-state index contributed by atoms with van der Waals surface area (Å²) in [6.45, 7) is 11.6. The highest BCUT2D eigenvalue weighted by Crippen LogP contribution is 2.31. The number of anilines is 4. The Morgan fingerprint density at radius 2 is 1.08 bits per heavy atom. The van der Waals surface area contributed by atoms with Gasteiger partial charge in [-0.3, -0.25) is 9.59 Å². The van der Waals surface area contributed by atoms with Crippen LogP contribution >= 0.6 is 15.9 Å². The Labute approximate surface area is 372 Å².